The lowest BCUT2D eigenvalue weighted by molar-refractivity contribution is 0.0911. The Kier molecular flexibility index (Phi) is 5.81. The van der Waals surface area contributed by atoms with Crippen molar-refractivity contribution in [2.24, 2.45) is 0 Å². The summed E-state index contributed by atoms with van der Waals surface area (Å²) >= 11 is 1.34. The Morgan fingerprint density at radius 1 is 1.62 bits per heavy atom. The van der Waals surface area contributed by atoms with Gasteiger partial charge in [-0.3, -0.25) is 4.79 Å². The molecular weight excluding hydrogens is 288 g/mol. The summed E-state index contributed by atoms with van der Waals surface area (Å²) in [6.07, 6.45) is 4.37. The maximum Gasteiger partial charge on any atom is 0.265 e. The van der Waals surface area contributed by atoms with Gasteiger partial charge in [0.1, 0.15) is 10.7 Å². The summed E-state index contributed by atoms with van der Waals surface area (Å²) in [5.41, 5.74) is 5.86. The molecule has 0 spiro atoms. The van der Waals surface area contributed by atoms with Gasteiger partial charge < -0.3 is 20.7 Å². The number of anilines is 2. The zero-order chi connectivity index (χ0) is 15.2. The lowest BCUT2D eigenvalue weighted by Gasteiger charge is -2.13. The van der Waals surface area contributed by atoms with E-state index in [2.05, 4.69) is 17.2 Å². The fourth-order valence-electron chi connectivity index (χ4n) is 2.38. The summed E-state index contributed by atoms with van der Waals surface area (Å²) in [6, 6.07) is 0. The van der Waals surface area contributed by atoms with Crippen molar-refractivity contribution in [2.45, 2.75) is 38.7 Å². The van der Waals surface area contributed by atoms with Crippen LogP contribution in [0.5, 0.6) is 0 Å². The van der Waals surface area contributed by atoms with Gasteiger partial charge in [-0.2, -0.15) is 0 Å². The second-order valence-electron chi connectivity index (χ2n) is 5.31. The molecule has 1 unspecified atom stereocenters. The number of nitrogens with zero attached hydrogens (tertiary/aromatic N) is 2. The first-order valence-corrected chi connectivity index (χ1v) is 8.30. The van der Waals surface area contributed by atoms with Crippen LogP contribution in [0.25, 0.3) is 0 Å². The van der Waals surface area contributed by atoms with Gasteiger partial charge in [-0.15, -0.1) is 0 Å². The Morgan fingerprint density at radius 3 is 3.10 bits per heavy atom. The van der Waals surface area contributed by atoms with Crippen molar-refractivity contribution in [2.75, 3.05) is 37.4 Å². The van der Waals surface area contributed by atoms with Gasteiger partial charge in [-0.05, 0) is 25.7 Å². The number of aromatic nitrogens is 1. The monoisotopic (exact) mass is 312 g/mol. The van der Waals surface area contributed by atoms with Crippen molar-refractivity contribution in [3.05, 3.63) is 4.88 Å². The second-order valence-corrected chi connectivity index (χ2v) is 6.29. The molecular formula is C14H24N4O2S. The Bertz CT molecular complexity index is 472. The van der Waals surface area contributed by atoms with Crippen molar-refractivity contribution in [1.29, 1.82) is 0 Å². The first kappa shape index (κ1) is 16.0. The number of ether oxygens (including phenoxy) is 1. The Morgan fingerprint density at radius 2 is 2.43 bits per heavy atom. The van der Waals surface area contributed by atoms with Crippen LogP contribution >= 0.6 is 11.3 Å². The second kappa shape index (κ2) is 7.61. The van der Waals surface area contributed by atoms with Crippen LogP contribution in [0, 0.1) is 0 Å². The molecule has 1 aromatic heterocycles. The van der Waals surface area contributed by atoms with Gasteiger partial charge in [0.05, 0.1) is 6.10 Å². The van der Waals surface area contributed by atoms with E-state index in [0.717, 1.165) is 44.0 Å². The standard InChI is InChI=1S/C14H24N4O2S/c1-3-8-18(2)14-17-12(15)11(21-14)13(19)16-7-6-10-5-4-9-20-10/h10H,3-9,15H2,1-2H3,(H,16,19). The number of rotatable bonds is 7. The topological polar surface area (TPSA) is 80.5 Å². The molecule has 1 aliphatic rings. The van der Waals surface area contributed by atoms with Crippen LogP contribution in [0.2, 0.25) is 0 Å². The van der Waals surface area contributed by atoms with Crippen molar-refractivity contribution in [1.82, 2.24) is 10.3 Å². The number of carbonyl (C=O) groups is 1. The maximum atomic E-state index is 12.2. The minimum Gasteiger partial charge on any atom is -0.382 e. The fourth-order valence-corrected chi connectivity index (χ4v) is 3.26. The quantitative estimate of drug-likeness (QED) is 0.803. The highest BCUT2D eigenvalue weighted by Crippen LogP contribution is 2.27. The highest BCUT2D eigenvalue weighted by molar-refractivity contribution is 7.18. The lowest BCUT2D eigenvalue weighted by Crippen LogP contribution is -2.27. The predicted octanol–water partition coefficient (Wildman–Crippen LogP) is 1.87. The van der Waals surface area contributed by atoms with Gasteiger partial charge in [-0.1, -0.05) is 18.3 Å². The molecule has 0 radical (unpaired) electrons. The smallest absolute Gasteiger partial charge is 0.265 e. The average molecular weight is 312 g/mol. The van der Waals surface area contributed by atoms with Gasteiger partial charge in [0.15, 0.2) is 5.13 Å². The van der Waals surface area contributed by atoms with Gasteiger partial charge in [0.25, 0.3) is 5.91 Å². The molecule has 1 fully saturated rings. The number of amides is 1. The van der Waals surface area contributed by atoms with Crippen LogP contribution < -0.4 is 16.0 Å². The van der Waals surface area contributed by atoms with Crippen molar-refractivity contribution >= 4 is 28.2 Å². The highest BCUT2D eigenvalue weighted by Gasteiger charge is 2.19. The minimum atomic E-state index is -0.140. The molecule has 118 valence electrons. The molecule has 0 aliphatic carbocycles. The van der Waals surface area contributed by atoms with Gasteiger partial charge in [0, 0.05) is 26.7 Å². The molecule has 2 heterocycles. The zero-order valence-corrected chi connectivity index (χ0v) is 13.5. The van der Waals surface area contributed by atoms with Gasteiger partial charge in [0.2, 0.25) is 0 Å². The molecule has 1 saturated heterocycles. The maximum absolute atomic E-state index is 12.2. The fraction of sp³-hybridized carbons (Fsp3) is 0.714. The van der Waals surface area contributed by atoms with Crippen molar-refractivity contribution < 1.29 is 9.53 Å². The normalized spacial score (nSPS) is 17.9. The molecule has 0 saturated carbocycles. The molecule has 1 amide bonds. The largest absolute Gasteiger partial charge is 0.382 e. The van der Waals surface area contributed by atoms with E-state index in [1.54, 1.807) is 0 Å². The number of hydrogen-bond donors (Lipinski definition) is 2. The third kappa shape index (κ3) is 4.31. The van der Waals surface area contributed by atoms with Crippen LogP contribution in [0.4, 0.5) is 10.9 Å². The molecule has 1 aromatic rings. The SMILES string of the molecule is CCCN(C)c1nc(N)c(C(=O)NCCC2CCCO2)s1. The van der Waals surface area contributed by atoms with Crippen LogP contribution in [-0.2, 0) is 4.74 Å². The average Bonchev–Trinajstić information content (AvgIpc) is 3.08. The summed E-state index contributed by atoms with van der Waals surface area (Å²) in [7, 11) is 1.96. The van der Waals surface area contributed by atoms with E-state index in [0.29, 0.717) is 17.2 Å². The Balaban J connectivity index is 1.86. The minimum absolute atomic E-state index is 0.140. The summed E-state index contributed by atoms with van der Waals surface area (Å²) in [6.45, 7) is 4.45. The van der Waals surface area contributed by atoms with E-state index >= 15 is 0 Å². The predicted molar refractivity (Wildman–Crippen MR) is 86.0 cm³/mol. The number of nitrogens with two attached hydrogens (primary N) is 1. The molecule has 6 nitrogen and oxygen atoms in total. The first-order valence-electron chi connectivity index (χ1n) is 7.49. The van der Waals surface area contributed by atoms with E-state index in [1.807, 2.05) is 11.9 Å². The number of thiazole rings is 1. The van der Waals surface area contributed by atoms with Gasteiger partial charge in [-0.25, -0.2) is 4.98 Å². The summed E-state index contributed by atoms with van der Waals surface area (Å²) in [4.78, 5) is 18.9. The first-order chi connectivity index (χ1) is 10.1. The van der Waals surface area contributed by atoms with Gasteiger partial charge >= 0.3 is 0 Å². The van der Waals surface area contributed by atoms with Crippen LogP contribution in [-0.4, -0.2) is 43.7 Å². The number of hydrogen-bond acceptors (Lipinski definition) is 6. The number of carbonyl (C=O) groups excluding carboxylic acids is 1. The highest BCUT2D eigenvalue weighted by atomic mass is 32.1. The lowest BCUT2D eigenvalue weighted by atomic mass is 10.2. The van der Waals surface area contributed by atoms with Crippen LogP contribution in [0.3, 0.4) is 0 Å². The molecule has 0 bridgehead atoms. The molecule has 3 N–H and O–H groups in total. The Hall–Kier alpha value is -1.34. The van der Waals surface area contributed by atoms with Crippen molar-refractivity contribution in [3.8, 4) is 0 Å². The summed E-state index contributed by atoms with van der Waals surface area (Å²) in [5.74, 6) is 0.173. The Labute approximate surface area is 129 Å². The molecule has 1 aliphatic heterocycles. The molecule has 0 aromatic carbocycles. The van der Waals surface area contributed by atoms with E-state index in [1.165, 1.54) is 11.3 Å². The number of nitrogen functional groups attached to an aromatic ring is 1. The summed E-state index contributed by atoms with van der Waals surface area (Å²) < 4.78 is 5.53. The van der Waals surface area contributed by atoms with E-state index in [-0.39, 0.29) is 12.0 Å². The molecule has 7 heteroatoms. The van der Waals surface area contributed by atoms with E-state index in [4.69, 9.17) is 10.5 Å². The third-order valence-corrected chi connectivity index (χ3v) is 4.69. The van der Waals surface area contributed by atoms with E-state index < -0.39 is 0 Å². The molecule has 2 rings (SSSR count). The summed E-state index contributed by atoms with van der Waals surface area (Å²) in [5, 5.41) is 3.69. The number of nitrogens with one attached hydrogen (secondary N) is 1. The zero-order valence-electron chi connectivity index (χ0n) is 12.7. The van der Waals surface area contributed by atoms with Crippen LogP contribution in [0.15, 0.2) is 0 Å². The third-order valence-electron chi connectivity index (χ3n) is 3.51. The molecule has 1 atom stereocenters. The van der Waals surface area contributed by atoms with Crippen molar-refractivity contribution in [3.63, 3.8) is 0 Å². The van der Waals surface area contributed by atoms with E-state index in [9.17, 15) is 4.79 Å². The molecule has 21 heavy (non-hydrogen) atoms. The van der Waals surface area contributed by atoms with Crippen LogP contribution in [0.1, 0.15) is 42.3 Å².